The maximum atomic E-state index is 13.7. The van der Waals surface area contributed by atoms with Gasteiger partial charge < -0.3 is 25.0 Å². The molecule has 1 amide bonds. The number of carbonyl (C=O) groups excluding carboxylic acids is 1. The third kappa shape index (κ3) is 6.56. The number of anilines is 5. The molecule has 4 rings (SSSR count). The minimum Gasteiger partial charge on any atom is -0.494 e. The van der Waals surface area contributed by atoms with E-state index in [2.05, 4.69) is 27.2 Å². The molecular weight excluding hydrogens is 527 g/mol. The first-order chi connectivity index (χ1) is 18.8. The number of hydrogen-bond donors (Lipinski definition) is 2. The summed E-state index contributed by atoms with van der Waals surface area (Å²) in [7, 11) is 5.08. The topological polar surface area (TPSA) is 101 Å². The number of carbonyl (C=O) groups is 1. The Balaban J connectivity index is 1.64. The van der Waals surface area contributed by atoms with Gasteiger partial charge in [-0.3, -0.25) is 9.63 Å². The van der Waals surface area contributed by atoms with Gasteiger partial charge in [0.05, 0.1) is 48.5 Å². The van der Waals surface area contributed by atoms with E-state index in [1.165, 1.54) is 18.5 Å². The summed E-state index contributed by atoms with van der Waals surface area (Å²) in [6.07, 6.45) is 3.29. The standard InChI is InChI=1S/C27H30ClFN6O4/c1-5-27(36)33-20-13-21(24(38-4)14-23(20)34(2)9-11-37-3)32-25-15-26(31-16-30-25)35-22(8-10-39-35)17-6-7-19(29)18(28)12-17/h5-7,12-16,22H,1,8-11H2,2-4H3,(H,33,36)(H,30,31,32). The summed E-state index contributed by atoms with van der Waals surface area (Å²) in [4.78, 5) is 28.7. The molecule has 0 spiro atoms. The van der Waals surface area contributed by atoms with E-state index in [4.69, 9.17) is 25.9 Å². The molecule has 0 bridgehead atoms. The molecule has 3 aromatic rings. The van der Waals surface area contributed by atoms with E-state index in [0.717, 1.165) is 11.3 Å². The van der Waals surface area contributed by atoms with Gasteiger partial charge in [0.15, 0.2) is 5.82 Å². The summed E-state index contributed by atoms with van der Waals surface area (Å²) in [6, 6.07) is 9.72. The van der Waals surface area contributed by atoms with Crippen molar-refractivity contribution < 1.29 is 23.5 Å². The maximum Gasteiger partial charge on any atom is 0.247 e. The minimum absolute atomic E-state index is 0.0483. The van der Waals surface area contributed by atoms with Crippen LogP contribution >= 0.6 is 11.6 Å². The van der Waals surface area contributed by atoms with E-state index in [1.807, 2.05) is 18.0 Å². The van der Waals surface area contributed by atoms with Crippen LogP contribution in [0.15, 0.2) is 55.4 Å². The third-order valence-corrected chi connectivity index (χ3v) is 6.47. The Morgan fingerprint density at radius 3 is 2.82 bits per heavy atom. The number of hydrogen-bond acceptors (Lipinski definition) is 9. The van der Waals surface area contributed by atoms with Crippen LogP contribution in [-0.4, -0.2) is 56.9 Å². The smallest absolute Gasteiger partial charge is 0.247 e. The number of methoxy groups -OCH3 is 2. The lowest BCUT2D eigenvalue weighted by atomic mass is 10.0. The summed E-state index contributed by atoms with van der Waals surface area (Å²) < 4.78 is 24.6. The molecule has 1 atom stereocenters. The summed E-state index contributed by atoms with van der Waals surface area (Å²) in [5, 5.41) is 7.81. The SMILES string of the molecule is C=CC(=O)Nc1cc(Nc2cc(N3OCCC3c3ccc(F)c(Cl)c3)ncn2)c(OC)cc1N(C)CCOC. The molecule has 206 valence electrons. The second kappa shape index (κ2) is 12.7. The van der Waals surface area contributed by atoms with Crippen molar-refractivity contribution >= 4 is 46.2 Å². The van der Waals surface area contributed by atoms with Gasteiger partial charge in [-0.2, -0.15) is 0 Å². The van der Waals surface area contributed by atoms with Crippen LogP contribution in [0.25, 0.3) is 0 Å². The molecule has 2 aromatic carbocycles. The molecule has 12 heteroatoms. The van der Waals surface area contributed by atoms with Crippen LogP contribution in [-0.2, 0) is 14.4 Å². The summed E-state index contributed by atoms with van der Waals surface area (Å²) in [6.45, 7) is 5.10. The van der Waals surface area contributed by atoms with E-state index >= 15 is 0 Å². The largest absolute Gasteiger partial charge is 0.494 e. The highest BCUT2D eigenvalue weighted by Crippen LogP contribution is 2.39. The predicted octanol–water partition coefficient (Wildman–Crippen LogP) is 5.11. The summed E-state index contributed by atoms with van der Waals surface area (Å²) in [5.41, 5.74) is 2.66. The van der Waals surface area contributed by atoms with Crippen molar-refractivity contribution in [1.82, 2.24) is 9.97 Å². The molecule has 10 nitrogen and oxygen atoms in total. The zero-order valence-electron chi connectivity index (χ0n) is 21.9. The maximum absolute atomic E-state index is 13.7. The number of ether oxygens (including phenoxy) is 2. The third-order valence-electron chi connectivity index (χ3n) is 6.18. The Kier molecular flexibility index (Phi) is 9.18. The van der Waals surface area contributed by atoms with Gasteiger partial charge in [-0.25, -0.2) is 19.4 Å². The van der Waals surface area contributed by atoms with Crippen molar-refractivity contribution in [3.05, 3.63) is 71.8 Å². The molecule has 1 aliphatic heterocycles. The van der Waals surface area contributed by atoms with E-state index in [-0.39, 0.29) is 17.0 Å². The lowest BCUT2D eigenvalue weighted by Gasteiger charge is -2.25. The molecule has 0 radical (unpaired) electrons. The molecular formula is C27H30ClFN6O4. The highest BCUT2D eigenvalue weighted by atomic mass is 35.5. The molecule has 2 N–H and O–H groups in total. The van der Waals surface area contributed by atoms with Crippen molar-refractivity contribution in [3.8, 4) is 5.75 Å². The normalized spacial score (nSPS) is 14.7. The van der Waals surface area contributed by atoms with E-state index in [0.29, 0.717) is 54.9 Å². The van der Waals surface area contributed by atoms with Gasteiger partial charge in [0.25, 0.3) is 0 Å². The number of hydroxylamine groups is 1. The van der Waals surface area contributed by atoms with Gasteiger partial charge in [-0.1, -0.05) is 24.2 Å². The Hall–Kier alpha value is -3.93. The van der Waals surface area contributed by atoms with E-state index in [9.17, 15) is 9.18 Å². The molecule has 39 heavy (non-hydrogen) atoms. The monoisotopic (exact) mass is 556 g/mol. The van der Waals surface area contributed by atoms with E-state index < -0.39 is 5.82 Å². The fourth-order valence-corrected chi connectivity index (χ4v) is 4.36. The number of nitrogens with one attached hydrogen (secondary N) is 2. The van der Waals surface area contributed by atoms with Crippen LogP contribution in [0.3, 0.4) is 0 Å². The van der Waals surface area contributed by atoms with Crippen molar-refractivity contribution in [2.45, 2.75) is 12.5 Å². The van der Waals surface area contributed by atoms with E-state index in [1.54, 1.807) is 43.5 Å². The molecule has 2 heterocycles. The van der Waals surface area contributed by atoms with Gasteiger partial charge in [-0.05, 0) is 29.8 Å². The van der Waals surface area contributed by atoms with Crippen molar-refractivity contribution in [3.63, 3.8) is 0 Å². The van der Waals surface area contributed by atoms with Crippen LogP contribution in [0.2, 0.25) is 5.02 Å². The Bertz CT molecular complexity index is 1340. The second-order valence-electron chi connectivity index (χ2n) is 8.70. The quantitative estimate of drug-likeness (QED) is 0.312. The number of halogens is 2. The van der Waals surface area contributed by atoms with Crippen molar-refractivity contribution in [2.24, 2.45) is 0 Å². The predicted molar refractivity (Wildman–Crippen MR) is 149 cm³/mol. The van der Waals surface area contributed by atoms with Gasteiger partial charge >= 0.3 is 0 Å². The molecule has 1 saturated heterocycles. The zero-order valence-corrected chi connectivity index (χ0v) is 22.7. The van der Waals surface area contributed by atoms with Crippen LogP contribution in [0.5, 0.6) is 5.75 Å². The number of nitrogens with zero attached hydrogens (tertiary/aromatic N) is 4. The average molecular weight is 557 g/mol. The Morgan fingerprint density at radius 1 is 1.28 bits per heavy atom. The Morgan fingerprint density at radius 2 is 2.10 bits per heavy atom. The second-order valence-corrected chi connectivity index (χ2v) is 9.11. The Labute approximate surface area is 231 Å². The summed E-state index contributed by atoms with van der Waals surface area (Å²) in [5.74, 6) is 0.668. The highest BCUT2D eigenvalue weighted by molar-refractivity contribution is 6.30. The first-order valence-corrected chi connectivity index (χ1v) is 12.5. The minimum atomic E-state index is -0.479. The molecule has 0 saturated carbocycles. The number of likely N-dealkylation sites (N-methyl/N-ethyl adjacent to an activating group) is 1. The zero-order chi connectivity index (χ0) is 27.9. The van der Waals surface area contributed by atoms with Crippen LogP contribution in [0.1, 0.15) is 18.0 Å². The van der Waals surface area contributed by atoms with Gasteiger partial charge in [0.1, 0.15) is 23.7 Å². The molecule has 1 fully saturated rings. The molecule has 1 unspecified atom stereocenters. The molecule has 1 aromatic heterocycles. The van der Waals surface area contributed by atoms with Gasteiger partial charge in [0.2, 0.25) is 5.91 Å². The highest BCUT2D eigenvalue weighted by Gasteiger charge is 2.30. The lowest BCUT2D eigenvalue weighted by Crippen LogP contribution is -2.24. The van der Waals surface area contributed by atoms with Crippen LogP contribution in [0.4, 0.5) is 33.1 Å². The number of rotatable bonds is 11. The van der Waals surface area contributed by atoms with Crippen molar-refractivity contribution in [2.75, 3.05) is 61.6 Å². The molecule has 0 aliphatic carbocycles. The van der Waals surface area contributed by atoms with Crippen molar-refractivity contribution in [1.29, 1.82) is 0 Å². The first-order valence-electron chi connectivity index (χ1n) is 12.2. The number of amides is 1. The molecule has 1 aliphatic rings. The fraction of sp³-hybridized carbons (Fsp3) is 0.296. The fourth-order valence-electron chi connectivity index (χ4n) is 4.18. The van der Waals surface area contributed by atoms with Gasteiger partial charge in [-0.15, -0.1) is 0 Å². The van der Waals surface area contributed by atoms with Crippen LogP contribution < -0.4 is 25.3 Å². The van der Waals surface area contributed by atoms with Gasteiger partial charge in [0, 0.05) is 39.3 Å². The lowest BCUT2D eigenvalue weighted by molar-refractivity contribution is -0.111. The number of aromatic nitrogens is 2. The summed E-state index contributed by atoms with van der Waals surface area (Å²) >= 11 is 6.02. The average Bonchev–Trinajstić information content (AvgIpc) is 3.43. The number of benzene rings is 2. The first kappa shape index (κ1) is 28.1. The van der Waals surface area contributed by atoms with Crippen LogP contribution in [0, 0.1) is 5.82 Å².